The number of rotatable bonds is 1. The predicted octanol–water partition coefficient (Wildman–Crippen LogP) is 3.19. The summed E-state index contributed by atoms with van der Waals surface area (Å²) < 4.78 is 1.41. The van der Waals surface area contributed by atoms with Crippen LogP contribution in [0.4, 0.5) is 5.69 Å². The van der Waals surface area contributed by atoms with Crippen molar-refractivity contribution in [2.24, 2.45) is 0 Å². The van der Waals surface area contributed by atoms with Gasteiger partial charge in [-0.15, -0.1) is 0 Å². The molecule has 1 aliphatic heterocycles. The first kappa shape index (κ1) is 16.5. The van der Waals surface area contributed by atoms with Crippen molar-refractivity contribution in [2.75, 3.05) is 11.4 Å². The number of pyridine rings is 1. The van der Waals surface area contributed by atoms with E-state index in [1.807, 2.05) is 12.1 Å². The summed E-state index contributed by atoms with van der Waals surface area (Å²) in [7, 11) is 0. The Hall–Kier alpha value is -2.95. The lowest BCUT2D eigenvalue weighted by atomic mass is 9.86. The molecule has 4 rings (SSSR count). The van der Waals surface area contributed by atoms with Gasteiger partial charge in [0.25, 0.3) is 11.5 Å². The van der Waals surface area contributed by atoms with E-state index in [2.05, 4.69) is 37.9 Å². The van der Waals surface area contributed by atoms with Crippen LogP contribution in [0.25, 0.3) is 5.65 Å². The topological polar surface area (TPSA) is 54.7 Å². The number of amides is 1. The van der Waals surface area contributed by atoms with Crippen LogP contribution in [0.5, 0.6) is 0 Å². The molecule has 0 unspecified atom stereocenters. The minimum Gasteiger partial charge on any atom is -0.308 e. The summed E-state index contributed by atoms with van der Waals surface area (Å²) in [4.78, 5) is 31.7. The monoisotopic (exact) mass is 347 g/mol. The fourth-order valence-corrected chi connectivity index (χ4v) is 3.40. The molecule has 0 saturated heterocycles. The Bertz CT molecular complexity index is 1080. The second-order valence-electron chi connectivity index (χ2n) is 7.71. The van der Waals surface area contributed by atoms with Gasteiger partial charge in [-0.3, -0.25) is 14.0 Å². The first-order chi connectivity index (χ1) is 12.4. The maximum absolute atomic E-state index is 13.0. The molecule has 1 amide bonds. The zero-order chi connectivity index (χ0) is 18.5. The highest BCUT2D eigenvalue weighted by molar-refractivity contribution is 6.07. The number of fused-ring (bicyclic) bond motifs is 2. The van der Waals surface area contributed by atoms with Gasteiger partial charge < -0.3 is 4.90 Å². The number of carbonyl (C=O) groups excluding carboxylic acids is 1. The third kappa shape index (κ3) is 2.60. The molecule has 5 heteroatoms. The van der Waals surface area contributed by atoms with Crippen molar-refractivity contribution in [3.8, 4) is 0 Å². The predicted molar refractivity (Wildman–Crippen MR) is 102 cm³/mol. The number of nitrogens with zero attached hydrogens (tertiary/aromatic N) is 3. The second-order valence-corrected chi connectivity index (χ2v) is 7.71. The standard InChI is InChI=1S/C21H21N3O2/c1-21(2,3)15-7-8-17-14(12-15)9-11-23(17)19(25)16-13-22-18-6-4-5-10-24(18)20(16)26/h4-8,10,12-13H,9,11H2,1-3H3. The first-order valence-corrected chi connectivity index (χ1v) is 8.78. The fourth-order valence-electron chi connectivity index (χ4n) is 3.40. The van der Waals surface area contributed by atoms with Crippen molar-refractivity contribution in [1.82, 2.24) is 9.38 Å². The molecule has 0 saturated carbocycles. The smallest absolute Gasteiger partial charge is 0.270 e. The molecule has 26 heavy (non-hydrogen) atoms. The van der Waals surface area contributed by atoms with Gasteiger partial charge in [0.2, 0.25) is 0 Å². The van der Waals surface area contributed by atoms with Crippen molar-refractivity contribution < 1.29 is 4.79 Å². The van der Waals surface area contributed by atoms with E-state index < -0.39 is 0 Å². The van der Waals surface area contributed by atoms with Gasteiger partial charge in [0.15, 0.2) is 0 Å². The van der Waals surface area contributed by atoms with Gasteiger partial charge in [0, 0.05) is 24.6 Å². The highest BCUT2D eigenvalue weighted by atomic mass is 16.2. The molecule has 0 spiro atoms. The molecule has 0 bridgehead atoms. The highest BCUT2D eigenvalue weighted by Crippen LogP contribution is 2.33. The van der Waals surface area contributed by atoms with Crippen molar-refractivity contribution in [3.05, 3.63) is 75.8 Å². The van der Waals surface area contributed by atoms with E-state index >= 15 is 0 Å². The zero-order valence-corrected chi connectivity index (χ0v) is 15.2. The number of aromatic nitrogens is 2. The molecule has 0 fully saturated rings. The van der Waals surface area contributed by atoms with E-state index in [1.54, 1.807) is 23.2 Å². The first-order valence-electron chi connectivity index (χ1n) is 8.78. The van der Waals surface area contributed by atoms with Crippen molar-refractivity contribution in [2.45, 2.75) is 32.6 Å². The van der Waals surface area contributed by atoms with Crippen LogP contribution in [0.15, 0.2) is 53.6 Å². The van der Waals surface area contributed by atoms with Gasteiger partial charge in [-0.25, -0.2) is 4.98 Å². The maximum atomic E-state index is 13.0. The highest BCUT2D eigenvalue weighted by Gasteiger charge is 2.29. The zero-order valence-electron chi connectivity index (χ0n) is 15.2. The van der Waals surface area contributed by atoms with Crippen molar-refractivity contribution >= 4 is 17.2 Å². The summed E-state index contributed by atoms with van der Waals surface area (Å²) in [5.41, 5.74) is 3.65. The van der Waals surface area contributed by atoms with Crippen LogP contribution in [0.1, 0.15) is 42.3 Å². The molecule has 0 N–H and O–H groups in total. The Morgan fingerprint density at radius 2 is 1.96 bits per heavy atom. The van der Waals surface area contributed by atoms with Gasteiger partial charge in [0.05, 0.1) is 0 Å². The number of anilines is 1. The van der Waals surface area contributed by atoms with E-state index in [9.17, 15) is 9.59 Å². The maximum Gasteiger partial charge on any atom is 0.270 e. The second kappa shape index (κ2) is 5.80. The summed E-state index contributed by atoms with van der Waals surface area (Å²) in [6, 6.07) is 11.5. The fraction of sp³-hybridized carbons (Fsp3) is 0.286. The normalized spacial score (nSPS) is 13.9. The Morgan fingerprint density at radius 1 is 1.15 bits per heavy atom. The number of benzene rings is 1. The Balaban J connectivity index is 1.74. The van der Waals surface area contributed by atoms with Crippen LogP contribution in [0, 0.1) is 0 Å². The summed E-state index contributed by atoms with van der Waals surface area (Å²) in [5, 5.41) is 0. The molecule has 0 radical (unpaired) electrons. The third-order valence-electron chi connectivity index (χ3n) is 4.93. The van der Waals surface area contributed by atoms with Crippen molar-refractivity contribution in [1.29, 1.82) is 0 Å². The van der Waals surface area contributed by atoms with Crippen LogP contribution >= 0.6 is 0 Å². The minimum atomic E-state index is -0.333. The molecule has 1 aromatic carbocycles. The lowest BCUT2D eigenvalue weighted by molar-refractivity contribution is 0.0987. The summed E-state index contributed by atoms with van der Waals surface area (Å²) in [6.45, 7) is 7.11. The van der Waals surface area contributed by atoms with Crippen LogP contribution in [-0.2, 0) is 11.8 Å². The summed E-state index contributed by atoms with van der Waals surface area (Å²) >= 11 is 0. The molecular formula is C21H21N3O2. The summed E-state index contributed by atoms with van der Waals surface area (Å²) in [6.07, 6.45) is 3.82. The van der Waals surface area contributed by atoms with E-state index in [0.717, 1.165) is 17.7 Å². The molecule has 3 aromatic rings. The van der Waals surface area contributed by atoms with Crippen LogP contribution in [0.2, 0.25) is 0 Å². The van der Waals surface area contributed by atoms with Crippen LogP contribution < -0.4 is 10.5 Å². The Labute approximate surface area is 151 Å². The molecule has 132 valence electrons. The Kier molecular flexibility index (Phi) is 3.68. The largest absolute Gasteiger partial charge is 0.308 e. The van der Waals surface area contributed by atoms with Gasteiger partial charge in [-0.1, -0.05) is 39.0 Å². The van der Waals surface area contributed by atoms with E-state index in [-0.39, 0.29) is 22.4 Å². The average Bonchev–Trinajstić information content (AvgIpc) is 3.04. The third-order valence-corrected chi connectivity index (χ3v) is 4.93. The SMILES string of the molecule is CC(C)(C)c1ccc2c(c1)CCN2C(=O)c1cnc2ccccn2c1=O. The number of carbonyl (C=O) groups is 1. The van der Waals surface area contributed by atoms with Crippen LogP contribution in [-0.4, -0.2) is 21.8 Å². The lowest BCUT2D eigenvalue weighted by Crippen LogP contribution is -2.34. The minimum absolute atomic E-state index is 0.0630. The van der Waals surface area contributed by atoms with E-state index in [0.29, 0.717) is 12.2 Å². The number of hydrogen-bond donors (Lipinski definition) is 0. The van der Waals surface area contributed by atoms with Crippen molar-refractivity contribution in [3.63, 3.8) is 0 Å². The Morgan fingerprint density at radius 3 is 2.73 bits per heavy atom. The average molecular weight is 347 g/mol. The summed E-state index contributed by atoms with van der Waals surface area (Å²) in [5.74, 6) is -0.289. The van der Waals surface area contributed by atoms with Gasteiger partial charge >= 0.3 is 0 Å². The van der Waals surface area contributed by atoms with Gasteiger partial charge in [0.1, 0.15) is 11.2 Å². The number of hydrogen-bond acceptors (Lipinski definition) is 3. The molecule has 2 aromatic heterocycles. The quantitative estimate of drug-likeness (QED) is 0.679. The van der Waals surface area contributed by atoms with E-state index in [4.69, 9.17) is 0 Å². The van der Waals surface area contributed by atoms with Gasteiger partial charge in [-0.05, 0) is 41.2 Å². The molecular weight excluding hydrogens is 326 g/mol. The van der Waals surface area contributed by atoms with E-state index in [1.165, 1.54) is 16.2 Å². The van der Waals surface area contributed by atoms with Gasteiger partial charge in [-0.2, -0.15) is 0 Å². The molecule has 1 aliphatic rings. The molecule has 3 heterocycles. The van der Waals surface area contributed by atoms with Crippen LogP contribution in [0.3, 0.4) is 0 Å². The lowest BCUT2D eigenvalue weighted by Gasteiger charge is -2.21. The molecule has 0 atom stereocenters. The molecule has 0 aliphatic carbocycles. The molecule has 5 nitrogen and oxygen atoms in total.